The van der Waals surface area contributed by atoms with Crippen molar-refractivity contribution in [2.45, 2.75) is 19.3 Å². The summed E-state index contributed by atoms with van der Waals surface area (Å²) < 4.78 is 0. The summed E-state index contributed by atoms with van der Waals surface area (Å²) in [5, 5.41) is 2.02. The van der Waals surface area contributed by atoms with E-state index in [1.165, 1.54) is 0 Å². The lowest BCUT2D eigenvalue weighted by Gasteiger charge is -2.24. The number of imide groups is 2. The second-order valence-corrected chi connectivity index (χ2v) is 3.26. The minimum absolute atomic E-state index is 0.240. The molecule has 1 N–H and O–H groups in total. The molecule has 1 heterocycles. The van der Waals surface area contributed by atoms with Crippen LogP contribution in [0.4, 0.5) is 4.79 Å². The van der Waals surface area contributed by atoms with Gasteiger partial charge >= 0.3 is 6.03 Å². The van der Waals surface area contributed by atoms with Gasteiger partial charge in [0.2, 0.25) is 11.8 Å². The molecule has 0 bridgehead atoms. The van der Waals surface area contributed by atoms with Gasteiger partial charge in [0, 0.05) is 13.0 Å². The van der Waals surface area contributed by atoms with Crippen LogP contribution in [0, 0.1) is 0 Å². The number of nitrogens with zero attached hydrogens (tertiary/aromatic N) is 1. The molecule has 6 heteroatoms. The van der Waals surface area contributed by atoms with Gasteiger partial charge in [0.15, 0.2) is 0 Å². The lowest BCUT2D eigenvalue weighted by molar-refractivity contribution is -0.130. The molecule has 78 valence electrons. The van der Waals surface area contributed by atoms with Gasteiger partial charge in [-0.3, -0.25) is 19.8 Å². The largest absolute Gasteiger partial charge is 0.330 e. The van der Waals surface area contributed by atoms with Crippen LogP contribution in [-0.2, 0) is 9.59 Å². The predicted molar refractivity (Wildman–Crippen MR) is 49.8 cm³/mol. The fraction of sp³-hybridized carbons (Fsp3) is 0.625. The Morgan fingerprint density at radius 3 is 2.71 bits per heavy atom. The molecule has 0 saturated carbocycles. The maximum absolute atomic E-state index is 11.3. The van der Waals surface area contributed by atoms with Crippen LogP contribution in [0.1, 0.15) is 19.3 Å². The third-order valence-corrected chi connectivity index (χ3v) is 2.18. The van der Waals surface area contributed by atoms with Crippen molar-refractivity contribution in [1.82, 2.24) is 10.2 Å². The molecule has 4 amide bonds. The molecule has 1 aliphatic heterocycles. The van der Waals surface area contributed by atoms with E-state index < -0.39 is 11.9 Å². The number of urea groups is 1. The molecule has 0 aromatic heterocycles. The van der Waals surface area contributed by atoms with Crippen LogP contribution in [0.2, 0.25) is 0 Å². The summed E-state index contributed by atoms with van der Waals surface area (Å²) in [4.78, 5) is 34.3. The van der Waals surface area contributed by atoms with Gasteiger partial charge in [-0.1, -0.05) is 0 Å². The van der Waals surface area contributed by atoms with Gasteiger partial charge in [-0.05, 0) is 12.8 Å². The standard InChI is InChI=1S/C8H11ClN2O3/c9-5-6(12)10-8(14)11-4-2-1-3-7(11)13/h1-5H2,(H,10,12,14). The summed E-state index contributed by atoms with van der Waals surface area (Å²) in [7, 11) is 0. The van der Waals surface area contributed by atoms with E-state index in [0.717, 1.165) is 17.7 Å². The van der Waals surface area contributed by atoms with Gasteiger partial charge in [-0.2, -0.15) is 0 Å². The van der Waals surface area contributed by atoms with E-state index in [1.807, 2.05) is 5.32 Å². The topological polar surface area (TPSA) is 66.5 Å². The molecule has 0 radical (unpaired) electrons. The molecular formula is C8H11ClN2O3. The molecule has 5 nitrogen and oxygen atoms in total. The highest BCUT2D eigenvalue weighted by molar-refractivity contribution is 6.28. The van der Waals surface area contributed by atoms with Crippen molar-refractivity contribution in [3.63, 3.8) is 0 Å². The summed E-state index contributed by atoms with van der Waals surface area (Å²) in [6.45, 7) is 0.375. The van der Waals surface area contributed by atoms with Gasteiger partial charge in [-0.15, -0.1) is 11.6 Å². The van der Waals surface area contributed by atoms with Crippen LogP contribution in [0.25, 0.3) is 0 Å². The van der Waals surface area contributed by atoms with Crippen LogP contribution >= 0.6 is 11.6 Å². The molecule has 0 aromatic rings. The zero-order valence-electron chi connectivity index (χ0n) is 7.59. The Kier molecular flexibility index (Phi) is 3.88. The molecule has 1 aliphatic rings. The summed E-state index contributed by atoms with van der Waals surface area (Å²) in [5.41, 5.74) is 0. The average molecular weight is 219 g/mol. The number of likely N-dealkylation sites (tertiary alicyclic amines) is 1. The number of halogens is 1. The number of carbonyl (C=O) groups excluding carboxylic acids is 3. The minimum Gasteiger partial charge on any atom is -0.277 e. The molecule has 14 heavy (non-hydrogen) atoms. The Labute approximate surface area is 86.4 Å². The molecule has 0 spiro atoms. The smallest absolute Gasteiger partial charge is 0.277 e. The maximum Gasteiger partial charge on any atom is 0.330 e. The Hall–Kier alpha value is -1.10. The molecule has 0 aliphatic carbocycles. The van der Waals surface area contributed by atoms with Crippen LogP contribution in [0.5, 0.6) is 0 Å². The number of nitrogens with one attached hydrogen (secondary N) is 1. The maximum atomic E-state index is 11.3. The number of rotatable bonds is 1. The van der Waals surface area contributed by atoms with E-state index in [-0.39, 0.29) is 11.8 Å². The summed E-state index contributed by atoms with van der Waals surface area (Å²) >= 11 is 5.20. The zero-order chi connectivity index (χ0) is 10.6. The summed E-state index contributed by atoms with van der Waals surface area (Å²) in [6, 6.07) is -0.666. The van der Waals surface area contributed by atoms with Gasteiger partial charge in [-0.25, -0.2) is 4.79 Å². The van der Waals surface area contributed by atoms with E-state index in [0.29, 0.717) is 13.0 Å². The quantitative estimate of drug-likeness (QED) is 0.651. The SMILES string of the molecule is O=C(CCl)NC(=O)N1CCCCC1=O. The van der Waals surface area contributed by atoms with Gasteiger partial charge < -0.3 is 0 Å². The Bertz CT molecular complexity index is 267. The van der Waals surface area contributed by atoms with Crippen molar-refractivity contribution in [3.05, 3.63) is 0 Å². The molecule has 1 saturated heterocycles. The van der Waals surface area contributed by atoms with Crippen LogP contribution in [-0.4, -0.2) is 35.2 Å². The lowest BCUT2D eigenvalue weighted by atomic mass is 10.1. The second-order valence-electron chi connectivity index (χ2n) is 2.99. The Morgan fingerprint density at radius 2 is 2.14 bits per heavy atom. The zero-order valence-corrected chi connectivity index (χ0v) is 8.34. The highest BCUT2D eigenvalue weighted by Crippen LogP contribution is 2.10. The van der Waals surface area contributed by atoms with Crippen molar-refractivity contribution >= 4 is 29.4 Å². The molecule has 1 fully saturated rings. The van der Waals surface area contributed by atoms with Crippen molar-refractivity contribution in [1.29, 1.82) is 0 Å². The van der Waals surface area contributed by atoms with E-state index in [4.69, 9.17) is 11.6 Å². The first-order valence-corrected chi connectivity index (χ1v) is 4.88. The second kappa shape index (κ2) is 4.95. The minimum atomic E-state index is -0.666. The number of amides is 4. The first-order valence-electron chi connectivity index (χ1n) is 4.35. The van der Waals surface area contributed by atoms with Crippen LogP contribution < -0.4 is 5.32 Å². The van der Waals surface area contributed by atoms with Crippen molar-refractivity contribution in [3.8, 4) is 0 Å². The Balaban J connectivity index is 2.50. The highest BCUT2D eigenvalue weighted by atomic mass is 35.5. The van der Waals surface area contributed by atoms with Crippen molar-refractivity contribution in [2.75, 3.05) is 12.4 Å². The average Bonchev–Trinajstić information content (AvgIpc) is 2.18. The third kappa shape index (κ3) is 2.70. The molecule has 0 aromatic carbocycles. The molecular weight excluding hydrogens is 208 g/mol. The van der Waals surface area contributed by atoms with E-state index in [9.17, 15) is 14.4 Å². The number of hydrogen-bond donors (Lipinski definition) is 1. The van der Waals surface area contributed by atoms with E-state index in [2.05, 4.69) is 0 Å². The van der Waals surface area contributed by atoms with Gasteiger partial charge in [0.25, 0.3) is 0 Å². The number of carbonyl (C=O) groups is 3. The first kappa shape index (κ1) is 11.0. The highest BCUT2D eigenvalue weighted by Gasteiger charge is 2.25. The van der Waals surface area contributed by atoms with Gasteiger partial charge in [0.1, 0.15) is 5.88 Å². The number of alkyl halides is 1. The van der Waals surface area contributed by atoms with Crippen LogP contribution in [0.15, 0.2) is 0 Å². The molecule has 0 atom stereocenters. The van der Waals surface area contributed by atoms with E-state index >= 15 is 0 Å². The number of piperidine rings is 1. The van der Waals surface area contributed by atoms with Crippen LogP contribution in [0.3, 0.4) is 0 Å². The lowest BCUT2D eigenvalue weighted by Crippen LogP contribution is -2.48. The Morgan fingerprint density at radius 1 is 1.43 bits per heavy atom. The van der Waals surface area contributed by atoms with E-state index in [1.54, 1.807) is 0 Å². The summed E-state index contributed by atoms with van der Waals surface area (Å²) in [5.74, 6) is -1.11. The van der Waals surface area contributed by atoms with Crippen molar-refractivity contribution < 1.29 is 14.4 Å². The fourth-order valence-electron chi connectivity index (χ4n) is 1.24. The molecule has 1 rings (SSSR count). The molecule has 0 unspecified atom stereocenters. The fourth-order valence-corrected chi connectivity index (χ4v) is 1.31. The first-order chi connectivity index (χ1) is 6.65. The summed E-state index contributed by atoms with van der Waals surface area (Å²) in [6.07, 6.45) is 1.95. The number of hydrogen-bond acceptors (Lipinski definition) is 3. The predicted octanol–water partition coefficient (Wildman–Crippen LogP) is 0.474. The van der Waals surface area contributed by atoms with Gasteiger partial charge in [0.05, 0.1) is 0 Å². The monoisotopic (exact) mass is 218 g/mol. The van der Waals surface area contributed by atoms with Crippen molar-refractivity contribution in [2.24, 2.45) is 0 Å². The third-order valence-electron chi connectivity index (χ3n) is 1.94. The normalized spacial score (nSPS) is 16.6.